The normalized spacial score (nSPS) is 12.6. The van der Waals surface area contributed by atoms with Gasteiger partial charge in [0.1, 0.15) is 0 Å². The van der Waals surface area contributed by atoms with E-state index in [2.05, 4.69) is 69.7 Å². The van der Waals surface area contributed by atoms with Crippen LogP contribution in [0.4, 0.5) is 0 Å². The van der Waals surface area contributed by atoms with Crippen molar-refractivity contribution in [3.8, 4) is 0 Å². The molecule has 0 nitrogen and oxygen atoms in total. The Labute approximate surface area is 102 Å². The Bertz CT molecular complexity index is 373. The van der Waals surface area contributed by atoms with Crippen LogP contribution in [0.2, 0.25) is 38.8 Å². The van der Waals surface area contributed by atoms with Gasteiger partial charge in [-0.05, 0) is 6.04 Å². The summed E-state index contributed by atoms with van der Waals surface area (Å²) in [5.74, 6) is 0. The molecule has 0 bridgehead atoms. The Balaban J connectivity index is 3.28. The van der Waals surface area contributed by atoms with Gasteiger partial charge in [0.2, 0.25) is 0 Å². The molecule has 0 aliphatic rings. The minimum Gasteiger partial charge on any atom is -0.103 e. The van der Waals surface area contributed by atoms with E-state index >= 15 is 0 Å². The number of hydrogen-bond acceptors (Lipinski definition) is 0. The third kappa shape index (κ3) is 2.95. The van der Waals surface area contributed by atoms with Gasteiger partial charge in [-0.15, -0.1) is 6.58 Å². The molecule has 0 saturated heterocycles. The van der Waals surface area contributed by atoms with Crippen molar-refractivity contribution in [3.63, 3.8) is 0 Å². The highest BCUT2D eigenvalue weighted by molar-refractivity contribution is 6.99. The molecule has 1 aromatic rings. The van der Waals surface area contributed by atoms with Crippen LogP contribution in [0.15, 0.2) is 36.9 Å². The zero-order valence-electron chi connectivity index (χ0n) is 11.3. The molecule has 0 saturated carbocycles. The van der Waals surface area contributed by atoms with E-state index in [0.29, 0.717) is 0 Å². The van der Waals surface area contributed by atoms with Crippen LogP contribution in [0, 0.1) is 0 Å². The molecule has 0 atom stereocenters. The molecular weight excluding hydrogens is 224 g/mol. The van der Waals surface area contributed by atoms with Crippen LogP contribution in [-0.2, 0) is 0 Å². The molecule has 16 heavy (non-hydrogen) atoms. The molecule has 0 amide bonds. The average Bonchev–Trinajstić information content (AvgIpc) is 2.16. The fraction of sp³-hybridized carbons (Fsp3) is 0.429. The minimum atomic E-state index is -1.32. The van der Waals surface area contributed by atoms with Crippen LogP contribution >= 0.6 is 0 Å². The van der Waals surface area contributed by atoms with Crippen molar-refractivity contribution in [3.05, 3.63) is 36.9 Å². The lowest BCUT2D eigenvalue weighted by Gasteiger charge is -2.29. The highest BCUT2D eigenvalue weighted by Gasteiger charge is 2.29. The molecule has 0 unspecified atom stereocenters. The van der Waals surface area contributed by atoms with E-state index in [0.717, 1.165) is 0 Å². The maximum Gasteiger partial charge on any atom is 0.0841 e. The quantitative estimate of drug-likeness (QED) is 0.566. The fourth-order valence-corrected chi connectivity index (χ4v) is 8.13. The van der Waals surface area contributed by atoms with E-state index in [4.69, 9.17) is 0 Å². The van der Waals surface area contributed by atoms with Crippen LogP contribution in [-0.4, -0.2) is 16.1 Å². The first-order valence-corrected chi connectivity index (χ1v) is 12.7. The van der Waals surface area contributed by atoms with Crippen LogP contribution in [0.5, 0.6) is 0 Å². The summed E-state index contributed by atoms with van der Waals surface area (Å²) in [7, 11) is -2.53. The lowest BCUT2D eigenvalue weighted by atomic mass is 10.4. The van der Waals surface area contributed by atoms with Crippen molar-refractivity contribution in [1.29, 1.82) is 0 Å². The molecule has 1 rings (SSSR count). The third-order valence-electron chi connectivity index (χ3n) is 3.12. The average molecular weight is 249 g/mol. The van der Waals surface area contributed by atoms with Gasteiger partial charge in [0.15, 0.2) is 0 Å². The standard InChI is InChI=1S/C14H24Si2/c1-7-12-16(5,6)14-11-9-8-10-13(14)15(2,3)4/h7-11H,1,12H2,2-6H3. The molecule has 88 valence electrons. The Morgan fingerprint density at radius 3 is 1.94 bits per heavy atom. The number of allylic oxidation sites excluding steroid dienone is 1. The van der Waals surface area contributed by atoms with E-state index in [1.54, 1.807) is 10.4 Å². The fourth-order valence-electron chi connectivity index (χ4n) is 2.20. The zero-order valence-corrected chi connectivity index (χ0v) is 13.3. The number of rotatable bonds is 4. The lowest BCUT2D eigenvalue weighted by Crippen LogP contribution is -2.57. The smallest absolute Gasteiger partial charge is 0.0841 e. The van der Waals surface area contributed by atoms with Crippen molar-refractivity contribution in [2.24, 2.45) is 0 Å². The van der Waals surface area contributed by atoms with Gasteiger partial charge in [0.25, 0.3) is 0 Å². The van der Waals surface area contributed by atoms with E-state index in [1.165, 1.54) is 6.04 Å². The molecule has 0 fully saturated rings. The third-order valence-corrected chi connectivity index (χ3v) is 8.62. The predicted molar refractivity (Wildman–Crippen MR) is 81.5 cm³/mol. The lowest BCUT2D eigenvalue weighted by molar-refractivity contribution is 1.54. The topological polar surface area (TPSA) is 0 Å². The second-order valence-electron chi connectivity index (χ2n) is 6.17. The summed E-state index contributed by atoms with van der Waals surface area (Å²) in [6.07, 6.45) is 2.09. The highest BCUT2D eigenvalue weighted by atomic mass is 28.3. The first-order chi connectivity index (χ1) is 7.29. The van der Waals surface area contributed by atoms with Gasteiger partial charge in [-0.3, -0.25) is 0 Å². The summed E-state index contributed by atoms with van der Waals surface area (Å²) in [6, 6.07) is 10.3. The molecule has 0 aliphatic heterocycles. The van der Waals surface area contributed by atoms with Crippen LogP contribution < -0.4 is 10.4 Å². The van der Waals surface area contributed by atoms with Gasteiger partial charge >= 0.3 is 0 Å². The minimum absolute atomic E-state index is 1.18. The van der Waals surface area contributed by atoms with Crippen molar-refractivity contribution in [2.75, 3.05) is 0 Å². The highest BCUT2D eigenvalue weighted by Crippen LogP contribution is 2.11. The van der Waals surface area contributed by atoms with E-state index < -0.39 is 16.1 Å². The van der Waals surface area contributed by atoms with E-state index in [9.17, 15) is 0 Å². The van der Waals surface area contributed by atoms with Gasteiger partial charge in [-0.2, -0.15) is 0 Å². The van der Waals surface area contributed by atoms with Crippen LogP contribution in [0.1, 0.15) is 0 Å². The molecule has 0 aromatic heterocycles. The Kier molecular flexibility index (Phi) is 3.97. The second kappa shape index (κ2) is 4.72. The van der Waals surface area contributed by atoms with Gasteiger partial charge in [0, 0.05) is 0 Å². The largest absolute Gasteiger partial charge is 0.103 e. The van der Waals surface area contributed by atoms with Gasteiger partial charge in [0.05, 0.1) is 16.1 Å². The summed E-state index contributed by atoms with van der Waals surface area (Å²) in [5, 5.41) is 3.29. The SMILES string of the molecule is C=CC[Si](C)(C)c1ccccc1[Si](C)(C)C. The zero-order chi connectivity index (χ0) is 12.4. The maximum atomic E-state index is 3.91. The number of benzene rings is 1. The molecule has 1 aromatic carbocycles. The summed E-state index contributed by atoms with van der Waals surface area (Å²) < 4.78 is 0. The van der Waals surface area contributed by atoms with Gasteiger partial charge in [-0.1, -0.05) is 73.4 Å². The summed E-state index contributed by atoms with van der Waals surface area (Å²) >= 11 is 0. The molecule has 0 heterocycles. The van der Waals surface area contributed by atoms with Crippen molar-refractivity contribution in [1.82, 2.24) is 0 Å². The maximum absolute atomic E-state index is 3.91. The molecule has 0 aliphatic carbocycles. The van der Waals surface area contributed by atoms with Gasteiger partial charge in [-0.25, -0.2) is 0 Å². The second-order valence-corrected chi connectivity index (χ2v) is 15.9. The van der Waals surface area contributed by atoms with Crippen molar-refractivity contribution in [2.45, 2.75) is 38.8 Å². The summed E-state index contributed by atoms with van der Waals surface area (Å²) in [6.45, 7) is 16.1. The first kappa shape index (κ1) is 13.5. The molecule has 0 N–H and O–H groups in total. The Morgan fingerprint density at radius 2 is 1.50 bits per heavy atom. The molecule has 0 radical (unpaired) electrons. The Morgan fingerprint density at radius 1 is 1.00 bits per heavy atom. The summed E-state index contributed by atoms with van der Waals surface area (Å²) in [4.78, 5) is 0. The number of hydrogen-bond donors (Lipinski definition) is 0. The van der Waals surface area contributed by atoms with Crippen LogP contribution in [0.3, 0.4) is 0 Å². The van der Waals surface area contributed by atoms with Gasteiger partial charge < -0.3 is 0 Å². The van der Waals surface area contributed by atoms with Crippen molar-refractivity contribution >= 4 is 26.5 Å². The van der Waals surface area contributed by atoms with E-state index in [1.807, 2.05) is 0 Å². The monoisotopic (exact) mass is 248 g/mol. The first-order valence-electron chi connectivity index (χ1n) is 6.00. The van der Waals surface area contributed by atoms with Crippen LogP contribution in [0.25, 0.3) is 0 Å². The predicted octanol–water partition coefficient (Wildman–Crippen LogP) is 3.33. The molecule has 2 heteroatoms. The summed E-state index contributed by atoms with van der Waals surface area (Å²) in [5.41, 5.74) is 0. The Hall–Kier alpha value is -0.606. The molecular formula is C14H24Si2. The van der Waals surface area contributed by atoms with Crippen molar-refractivity contribution < 1.29 is 0 Å². The molecule has 0 spiro atoms. The van der Waals surface area contributed by atoms with E-state index in [-0.39, 0.29) is 0 Å².